The van der Waals surface area contributed by atoms with E-state index in [0.29, 0.717) is 34.7 Å². The number of carbonyl (C=O) groups excluding carboxylic acids is 2. The zero-order chi connectivity index (χ0) is 26.1. The molecule has 3 aromatic carbocycles. The summed E-state index contributed by atoms with van der Waals surface area (Å²) in [6.07, 6.45) is 0.823. The lowest BCUT2D eigenvalue weighted by Gasteiger charge is -2.37. The van der Waals surface area contributed by atoms with Gasteiger partial charge in [0.05, 0.1) is 13.0 Å². The highest BCUT2D eigenvalue weighted by Crippen LogP contribution is 2.48. The number of benzene rings is 3. The summed E-state index contributed by atoms with van der Waals surface area (Å²) in [7, 11) is 1.52. The van der Waals surface area contributed by atoms with Crippen LogP contribution in [0.5, 0.6) is 5.75 Å². The van der Waals surface area contributed by atoms with Crippen molar-refractivity contribution in [2.45, 2.75) is 31.6 Å². The number of methoxy groups -OCH3 is 1. The minimum atomic E-state index is -0.966. The number of para-hydroxylation sites is 2. The van der Waals surface area contributed by atoms with Crippen molar-refractivity contribution in [3.8, 4) is 5.75 Å². The number of Topliss-reactive ketones (excluding diaryl/α,β-unsaturated/α-hetero) is 1. The van der Waals surface area contributed by atoms with Crippen molar-refractivity contribution >= 4 is 23.1 Å². The van der Waals surface area contributed by atoms with Gasteiger partial charge in [-0.2, -0.15) is 0 Å². The van der Waals surface area contributed by atoms with Crippen molar-refractivity contribution < 1.29 is 23.1 Å². The van der Waals surface area contributed by atoms with Crippen molar-refractivity contribution in [2.24, 2.45) is 10.9 Å². The lowest BCUT2D eigenvalue weighted by molar-refractivity contribution is -0.119. The van der Waals surface area contributed by atoms with E-state index in [0.717, 1.165) is 17.7 Å². The fourth-order valence-electron chi connectivity index (χ4n) is 5.44. The summed E-state index contributed by atoms with van der Waals surface area (Å²) in [5.41, 5.74) is 2.73. The molecule has 0 radical (unpaired) electrons. The summed E-state index contributed by atoms with van der Waals surface area (Å²) in [5.74, 6) is -3.71. The number of anilines is 1. The molecule has 1 amide bonds. The third kappa shape index (κ3) is 4.57. The van der Waals surface area contributed by atoms with E-state index in [-0.39, 0.29) is 18.1 Å². The normalized spacial score (nSPS) is 21.2. The summed E-state index contributed by atoms with van der Waals surface area (Å²) in [6.45, 7) is 1.71. The van der Waals surface area contributed by atoms with Gasteiger partial charge in [-0.25, -0.2) is 8.78 Å². The van der Waals surface area contributed by atoms with Gasteiger partial charge in [0.1, 0.15) is 23.1 Å². The minimum Gasteiger partial charge on any atom is -0.496 e. The molecule has 1 aliphatic carbocycles. The van der Waals surface area contributed by atoms with Crippen LogP contribution in [0.3, 0.4) is 0 Å². The molecule has 2 aliphatic rings. The Hall–Kier alpha value is -4.13. The third-order valence-electron chi connectivity index (χ3n) is 7.13. The summed E-state index contributed by atoms with van der Waals surface area (Å²) < 4.78 is 34.4. The van der Waals surface area contributed by atoms with Crippen LogP contribution >= 0.6 is 0 Å². The number of nitrogens with one attached hydrogen (secondary N) is 1. The van der Waals surface area contributed by atoms with Gasteiger partial charge >= 0.3 is 0 Å². The smallest absolute Gasteiger partial charge is 0.234 e. The van der Waals surface area contributed by atoms with E-state index in [1.807, 2.05) is 42.5 Å². The molecule has 0 bridgehead atoms. The predicted molar refractivity (Wildman–Crippen MR) is 138 cm³/mol. The van der Waals surface area contributed by atoms with Crippen molar-refractivity contribution in [1.29, 1.82) is 0 Å². The molecule has 5 nitrogen and oxygen atoms in total. The Morgan fingerprint density at radius 2 is 1.62 bits per heavy atom. The summed E-state index contributed by atoms with van der Waals surface area (Å²) in [4.78, 5) is 32.1. The van der Waals surface area contributed by atoms with E-state index in [1.54, 1.807) is 19.1 Å². The van der Waals surface area contributed by atoms with Gasteiger partial charge in [0.25, 0.3) is 0 Å². The maximum Gasteiger partial charge on any atom is 0.234 e. The maximum absolute atomic E-state index is 14.4. The van der Waals surface area contributed by atoms with Gasteiger partial charge in [0.2, 0.25) is 5.91 Å². The Morgan fingerprint density at radius 3 is 2.32 bits per heavy atom. The molecule has 37 heavy (non-hydrogen) atoms. The van der Waals surface area contributed by atoms with E-state index >= 15 is 0 Å². The SMILES string of the molecule is COc1ccccc1[C@@H]1C2=C(C[C@H](c3ccccc3)CC2=O)N=C(C)C1C(=O)Nc1c(F)cccc1F. The summed E-state index contributed by atoms with van der Waals surface area (Å²) in [5, 5.41) is 2.42. The highest BCUT2D eigenvalue weighted by atomic mass is 19.1. The van der Waals surface area contributed by atoms with Crippen LogP contribution in [0.15, 0.2) is 89.1 Å². The molecule has 3 aromatic rings. The van der Waals surface area contributed by atoms with Gasteiger partial charge in [-0.15, -0.1) is 0 Å². The molecular formula is C30H26F2N2O3. The fraction of sp³-hybridized carbons (Fsp3) is 0.233. The Bertz CT molecular complexity index is 1410. The second-order valence-corrected chi connectivity index (χ2v) is 9.34. The second-order valence-electron chi connectivity index (χ2n) is 9.34. The number of allylic oxidation sites excluding steroid dienone is 2. The monoisotopic (exact) mass is 500 g/mol. The topological polar surface area (TPSA) is 67.8 Å². The molecule has 0 fully saturated rings. The summed E-state index contributed by atoms with van der Waals surface area (Å²) >= 11 is 0. The first-order chi connectivity index (χ1) is 17.9. The number of rotatable bonds is 5. The molecular weight excluding hydrogens is 474 g/mol. The highest BCUT2D eigenvalue weighted by molar-refractivity contribution is 6.13. The Kier molecular flexibility index (Phi) is 6.70. The van der Waals surface area contributed by atoms with Crippen LogP contribution < -0.4 is 10.1 Å². The minimum absolute atomic E-state index is 0.0276. The molecule has 1 aliphatic heterocycles. The average molecular weight is 501 g/mol. The van der Waals surface area contributed by atoms with E-state index in [2.05, 4.69) is 5.32 Å². The first kappa shape index (κ1) is 24.6. The van der Waals surface area contributed by atoms with Crippen molar-refractivity contribution in [3.63, 3.8) is 0 Å². The Balaban J connectivity index is 1.61. The number of ether oxygens (including phenoxy) is 1. The van der Waals surface area contributed by atoms with Crippen molar-refractivity contribution in [1.82, 2.24) is 0 Å². The molecule has 188 valence electrons. The number of amides is 1. The molecule has 7 heteroatoms. The number of carbonyl (C=O) groups is 2. The zero-order valence-electron chi connectivity index (χ0n) is 20.5. The molecule has 1 unspecified atom stereocenters. The zero-order valence-corrected chi connectivity index (χ0v) is 20.5. The van der Waals surface area contributed by atoms with Crippen LogP contribution in [0.25, 0.3) is 0 Å². The van der Waals surface area contributed by atoms with Crippen LogP contribution in [0.1, 0.15) is 42.7 Å². The second kappa shape index (κ2) is 10.1. The van der Waals surface area contributed by atoms with Crippen LogP contribution in [0.4, 0.5) is 14.5 Å². The predicted octanol–water partition coefficient (Wildman–Crippen LogP) is 6.19. The lowest BCUT2D eigenvalue weighted by atomic mass is 9.69. The van der Waals surface area contributed by atoms with E-state index in [4.69, 9.17) is 9.73 Å². The van der Waals surface area contributed by atoms with E-state index in [1.165, 1.54) is 13.2 Å². The number of hydrogen-bond acceptors (Lipinski definition) is 4. The standard InChI is InChI=1S/C30H26F2N2O3/c1-17-26(30(36)34-29-21(31)12-8-13-22(29)32)27(20-11-6-7-14-25(20)37-2)28-23(33-17)15-19(16-24(28)35)18-9-4-3-5-10-18/h3-14,19,26-27H,15-16H2,1-2H3,(H,34,36)/t19-,26?,27-/m0/s1. The van der Waals surface area contributed by atoms with Gasteiger partial charge in [-0.05, 0) is 43.0 Å². The van der Waals surface area contributed by atoms with Gasteiger partial charge in [-0.3, -0.25) is 14.6 Å². The molecule has 1 N–H and O–H groups in total. The van der Waals surface area contributed by atoms with E-state index < -0.39 is 35.1 Å². The van der Waals surface area contributed by atoms with Crippen molar-refractivity contribution in [3.05, 3.63) is 107 Å². The molecule has 5 rings (SSSR count). The Morgan fingerprint density at radius 1 is 0.946 bits per heavy atom. The maximum atomic E-state index is 14.4. The molecule has 0 spiro atoms. The number of nitrogens with zero attached hydrogens (tertiary/aromatic N) is 1. The van der Waals surface area contributed by atoms with E-state index in [9.17, 15) is 18.4 Å². The third-order valence-corrected chi connectivity index (χ3v) is 7.13. The summed E-state index contributed by atoms with van der Waals surface area (Å²) in [6, 6.07) is 20.4. The first-order valence-corrected chi connectivity index (χ1v) is 12.1. The number of aliphatic imine (C=N–C) groups is 1. The first-order valence-electron chi connectivity index (χ1n) is 12.1. The average Bonchev–Trinajstić information content (AvgIpc) is 2.90. The van der Waals surface area contributed by atoms with Crippen molar-refractivity contribution in [2.75, 3.05) is 12.4 Å². The molecule has 3 atom stereocenters. The molecule has 0 aromatic heterocycles. The number of ketones is 1. The number of halogens is 2. The van der Waals surface area contributed by atoms with Gasteiger partial charge in [0.15, 0.2) is 5.78 Å². The van der Waals surface area contributed by atoms with Crippen LogP contribution in [0.2, 0.25) is 0 Å². The molecule has 0 saturated heterocycles. The lowest BCUT2D eigenvalue weighted by Crippen LogP contribution is -2.40. The molecule has 1 heterocycles. The van der Waals surface area contributed by atoms with Crippen LogP contribution in [0, 0.1) is 17.6 Å². The fourth-order valence-corrected chi connectivity index (χ4v) is 5.44. The van der Waals surface area contributed by atoms with Gasteiger partial charge in [-0.1, -0.05) is 54.6 Å². The van der Waals surface area contributed by atoms with Crippen LogP contribution in [-0.2, 0) is 9.59 Å². The van der Waals surface area contributed by atoms with Gasteiger partial charge in [0, 0.05) is 34.9 Å². The molecule has 0 saturated carbocycles. The van der Waals surface area contributed by atoms with Crippen LogP contribution in [-0.4, -0.2) is 24.5 Å². The van der Waals surface area contributed by atoms with Gasteiger partial charge < -0.3 is 10.1 Å². The quantitative estimate of drug-likeness (QED) is 0.454. The largest absolute Gasteiger partial charge is 0.496 e. The Labute approximate surface area is 213 Å². The number of hydrogen-bond donors (Lipinski definition) is 1. The highest BCUT2D eigenvalue weighted by Gasteiger charge is 2.45.